The lowest BCUT2D eigenvalue weighted by atomic mass is 9.93. The molecular formula is C20H34N4O. The van der Waals surface area contributed by atoms with Gasteiger partial charge in [0.25, 0.3) is 0 Å². The summed E-state index contributed by atoms with van der Waals surface area (Å²) in [5.74, 6) is 0.966. The smallest absolute Gasteiger partial charge is 0.193 e. The Balaban J connectivity index is 2.00. The molecule has 5 nitrogen and oxygen atoms in total. The Labute approximate surface area is 153 Å². The lowest BCUT2D eigenvalue weighted by Crippen LogP contribution is -2.50. The first kappa shape index (κ1) is 19.7. The molecule has 1 N–H and O–H groups in total. The molecule has 0 spiro atoms. The molecule has 2 rings (SSSR count). The molecule has 0 saturated carbocycles. The number of morpholine rings is 1. The van der Waals surface area contributed by atoms with Crippen LogP contribution in [0.2, 0.25) is 0 Å². The first-order valence-corrected chi connectivity index (χ1v) is 9.10. The summed E-state index contributed by atoms with van der Waals surface area (Å²) >= 11 is 0. The second-order valence-corrected chi connectivity index (χ2v) is 7.96. The number of aliphatic imine (C=N–C) groups is 1. The number of nitrogens with zero attached hydrogens (tertiary/aromatic N) is 3. The molecule has 1 atom stereocenters. The van der Waals surface area contributed by atoms with Crippen molar-refractivity contribution in [2.24, 2.45) is 10.4 Å². The standard InChI is InChI=1S/C20H34N4O/c1-16-9-7-8-10-17(16)18-13-24(11-12-25-18)19(21-4)22-14-20(2,3)15-23(5)6/h7-10,18H,11-15H2,1-6H3,(H,21,22). The largest absolute Gasteiger partial charge is 0.370 e. The summed E-state index contributed by atoms with van der Waals surface area (Å²) in [5, 5.41) is 3.57. The summed E-state index contributed by atoms with van der Waals surface area (Å²) in [6.45, 7) is 11.1. The zero-order valence-corrected chi connectivity index (χ0v) is 16.7. The number of nitrogens with one attached hydrogen (secondary N) is 1. The van der Waals surface area contributed by atoms with E-state index < -0.39 is 0 Å². The molecule has 1 aliphatic heterocycles. The van der Waals surface area contributed by atoms with Gasteiger partial charge >= 0.3 is 0 Å². The number of rotatable bonds is 5. The molecule has 1 saturated heterocycles. The molecule has 1 fully saturated rings. The van der Waals surface area contributed by atoms with E-state index in [2.05, 4.69) is 79.2 Å². The van der Waals surface area contributed by atoms with Crippen molar-refractivity contribution in [2.45, 2.75) is 26.9 Å². The zero-order chi connectivity index (χ0) is 18.4. The van der Waals surface area contributed by atoms with Crippen LogP contribution in [0.15, 0.2) is 29.3 Å². The van der Waals surface area contributed by atoms with Gasteiger partial charge < -0.3 is 19.9 Å². The van der Waals surface area contributed by atoms with E-state index in [0.29, 0.717) is 0 Å². The highest BCUT2D eigenvalue weighted by atomic mass is 16.5. The first-order chi connectivity index (χ1) is 11.8. The summed E-state index contributed by atoms with van der Waals surface area (Å²) in [6, 6.07) is 8.47. The van der Waals surface area contributed by atoms with E-state index in [1.807, 2.05) is 7.05 Å². The highest BCUT2D eigenvalue weighted by Gasteiger charge is 2.26. The van der Waals surface area contributed by atoms with Crippen LogP contribution in [-0.2, 0) is 4.74 Å². The second-order valence-electron chi connectivity index (χ2n) is 7.96. The quantitative estimate of drug-likeness (QED) is 0.657. The third-order valence-electron chi connectivity index (χ3n) is 4.58. The van der Waals surface area contributed by atoms with Crippen molar-refractivity contribution < 1.29 is 4.74 Å². The highest BCUT2D eigenvalue weighted by molar-refractivity contribution is 5.80. The maximum absolute atomic E-state index is 6.04. The minimum absolute atomic E-state index is 0.100. The number of aryl methyl sites for hydroxylation is 1. The maximum atomic E-state index is 6.04. The molecule has 140 valence electrons. The van der Waals surface area contributed by atoms with Crippen molar-refractivity contribution in [2.75, 3.05) is 53.9 Å². The molecule has 1 aromatic carbocycles. The topological polar surface area (TPSA) is 40.1 Å². The van der Waals surface area contributed by atoms with Gasteiger partial charge in [-0.25, -0.2) is 0 Å². The van der Waals surface area contributed by atoms with Crippen molar-refractivity contribution in [1.82, 2.24) is 15.1 Å². The van der Waals surface area contributed by atoms with Crippen LogP contribution in [0.1, 0.15) is 31.1 Å². The van der Waals surface area contributed by atoms with Crippen LogP contribution in [0.4, 0.5) is 0 Å². The van der Waals surface area contributed by atoms with E-state index in [0.717, 1.165) is 38.7 Å². The van der Waals surface area contributed by atoms with Crippen molar-refractivity contribution in [3.63, 3.8) is 0 Å². The molecular weight excluding hydrogens is 312 g/mol. The van der Waals surface area contributed by atoms with Gasteiger partial charge in [-0.3, -0.25) is 4.99 Å². The Bertz CT molecular complexity index is 583. The lowest BCUT2D eigenvalue weighted by Gasteiger charge is -2.37. The number of hydrogen-bond donors (Lipinski definition) is 1. The van der Waals surface area contributed by atoms with Crippen LogP contribution in [0, 0.1) is 12.3 Å². The molecule has 1 aromatic rings. The number of ether oxygens (including phenoxy) is 1. The van der Waals surface area contributed by atoms with E-state index >= 15 is 0 Å². The predicted octanol–water partition coefficient (Wildman–Crippen LogP) is 2.53. The maximum Gasteiger partial charge on any atom is 0.193 e. The summed E-state index contributed by atoms with van der Waals surface area (Å²) < 4.78 is 6.04. The third kappa shape index (κ3) is 5.72. The average molecular weight is 347 g/mol. The molecule has 0 aliphatic carbocycles. The fraction of sp³-hybridized carbons (Fsp3) is 0.650. The van der Waals surface area contributed by atoms with Crippen LogP contribution < -0.4 is 5.32 Å². The van der Waals surface area contributed by atoms with Crippen LogP contribution in [0.25, 0.3) is 0 Å². The van der Waals surface area contributed by atoms with Crippen LogP contribution in [0.5, 0.6) is 0 Å². The molecule has 0 aromatic heterocycles. The van der Waals surface area contributed by atoms with Crippen LogP contribution >= 0.6 is 0 Å². The van der Waals surface area contributed by atoms with Gasteiger partial charge in [-0.2, -0.15) is 0 Å². The first-order valence-electron chi connectivity index (χ1n) is 9.10. The Morgan fingerprint density at radius 3 is 2.72 bits per heavy atom. The van der Waals surface area contributed by atoms with E-state index in [1.165, 1.54) is 11.1 Å². The Kier molecular flexibility index (Phi) is 6.85. The zero-order valence-electron chi connectivity index (χ0n) is 16.7. The Hall–Kier alpha value is -1.59. The van der Waals surface area contributed by atoms with E-state index in [9.17, 15) is 0 Å². The molecule has 0 radical (unpaired) electrons. The predicted molar refractivity (Wildman–Crippen MR) is 105 cm³/mol. The summed E-state index contributed by atoms with van der Waals surface area (Å²) in [7, 11) is 6.09. The normalized spacial score (nSPS) is 19.4. The fourth-order valence-electron chi connectivity index (χ4n) is 3.54. The number of guanidine groups is 1. The molecule has 1 aliphatic rings. The summed E-state index contributed by atoms with van der Waals surface area (Å²) in [5.41, 5.74) is 2.74. The van der Waals surface area contributed by atoms with Crippen molar-refractivity contribution in [3.8, 4) is 0 Å². The van der Waals surface area contributed by atoms with Crippen LogP contribution in [0.3, 0.4) is 0 Å². The minimum atomic E-state index is 0.100. The Morgan fingerprint density at radius 2 is 2.08 bits per heavy atom. The molecule has 0 amide bonds. The fourth-order valence-corrected chi connectivity index (χ4v) is 3.54. The van der Waals surface area contributed by atoms with Gasteiger partial charge in [0.05, 0.1) is 13.2 Å². The molecule has 0 bridgehead atoms. The van der Waals surface area contributed by atoms with Gasteiger partial charge in [0.2, 0.25) is 0 Å². The SMILES string of the molecule is CN=C(NCC(C)(C)CN(C)C)N1CCOC(c2ccccc2C)C1. The van der Waals surface area contributed by atoms with Gasteiger partial charge in [0.15, 0.2) is 5.96 Å². The van der Waals surface area contributed by atoms with E-state index in [1.54, 1.807) is 0 Å². The highest BCUT2D eigenvalue weighted by Crippen LogP contribution is 2.25. The second kappa shape index (κ2) is 8.68. The molecule has 5 heteroatoms. The molecule has 25 heavy (non-hydrogen) atoms. The number of benzene rings is 1. The monoisotopic (exact) mass is 346 g/mol. The van der Waals surface area contributed by atoms with Crippen molar-refractivity contribution >= 4 is 5.96 Å². The van der Waals surface area contributed by atoms with Gasteiger partial charge in [-0.15, -0.1) is 0 Å². The number of hydrogen-bond acceptors (Lipinski definition) is 3. The average Bonchev–Trinajstić information content (AvgIpc) is 2.55. The third-order valence-corrected chi connectivity index (χ3v) is 4.58. The van der Waals surface area contributed by atoms with Gasteiger partial charge in [0.1, 0.15) is 6.10 Å². The van der Waals surface area contributed by atoms with Gasteiger partial charge in [-0.05, 0) is 37.6 Å². The minimum Gasteiger partial charge on any atom is -0.370 e. The van der Waals surface area contributed by atoms with E-state index in [-0.39, 0.29) is 11.5 Å². The molecule has 1 unspecified atom stereocenters. The summed E-state index contributed by atoms with van der Waals surface area (Å²) in [4.78, 5) is 9.05. The molecule has 1 heterocycles. The van der Waals surface area contributed by atoms with Crippen molar-refractivity contribution in [3.05, 3.63) is 35.4 Å². The van der Waals surface area contributed by atoms with Gasteiger partial charge in [-0.1, -0.05) is 38.1 Å². The van der Waals surface area contributed by atoms with Crippen LogP contribution in [-0.4, -0.2) is 69.7 Å². The summed E-state index contributed by atoms with van der Waals surface area (Å²) in [6.07, 6.45) is 0.100. The van der Waals surface area contributed by atoms with Gasteiger partial charge in [0, 0.05) is 26.7 Å². The lowest BCUT2D eigenvalue weighted by molar-refractivity contribution is -0.00847. The van der Waals surface area contributed by atoms with E-state index in [4.69, 9.17) is 4.74 Å². The Morgan fingerprint density at radius 1 is 1.36 bits per heavy atom. The van der Waals surface area contributed by atoms with Crippen molar-refractivity contribution in [1.29, 1.82) is 0 Å².